The molecule has 1 fully saturated rings. The SMILES string of the molecule is CC(CN1CC(C(C)(C)C)C1)C(=O)O. The molecule has 0 amide bonds. The van der Waals surface area contributed by atoms with E-state index in [1.54, 1.807) is 6.92 Å². The average molecular weight is 199 g/mol. The van der Waals surface area contributed by atoms with Crippen molar-refractivity contribution in [3.05, 3.63) is 0 Å². The van der Waals surface area contributed by atoms with Gasteiger partial charge in [-0.1, -0.05) is 27.7 Å². The van der Waals surface area contributed by atoms with Crippen LogP contribution in [0.15, 0.2) is 0 Å². The summed E-state index contributed by atoms with van der Waals surface area (Å²) in [7, 11) is 0. The number of nitrogens with zero attached hydrogens (tertiary/aromatic N) is 1. The molecule has 0 radical (unpaired) electrons. The summed E-state index contributed by atoms with van der Waals surface area (Å²) >= 11 is 0. The van der Waals surface area contributed by atoms with Crippen molar-refractivity contribution in [1.82, 2.24) is 4.90 Å². The quantitative estimate of drug-likeness (QED) is 0.752. The minimum Gasteiger partial charge on any atom is -0.481 e. The Kier molecular flexibility index (Phi) is 3.20. The van der Waals surface area contributed by atoms with Crippen LogP contribution < -0.4 is 0 Å². The molecule has 0 aliphatic carbocycles. The molecule has 0 aromatic rings. The molecule has 0 bridgehead atoms. The van der Waals surface area contributed by atoms with Gasteiger partial charge in [-0.15, -0.1) is 0 Å². The Bertz CT molecular complexity index is 214. The molecular formula is C11H21NO2. The first-order chi connectivity index (χ1) is 6.30. The summed E-state index contributed by atoms with van der Waals surface area (Å²) < 4.78 is 0. The molecule has 1 N–H and O–H groups in total. The highest BCUT2D eigenvalue weighted by Gasteiger charge is 2.36. The maximum Gasteiger partial charge on any atom is 0.307 e. The zero-order valence-corrected chi connectivity index (χ0v) is 9.58. The first-order valence-corrected chi connectivity index (χ1v) is 5.26. The Morgan fingerprint density at radius 3 is 2.36 bits per heavy atom. The summed E-state index contributed by atoms with van der Waals surface area (Å²) in [4.78, 5) is 12.9. The molecule has 1 aliphatic heterocycles. The van der Waals surface area contributed by atoms with E-state index in [0.717, 1.165) is 19.0 Å². The Morgan fingerprint density at radius 2 is 2.00 bits per heavy atom. The zero-order chi connectivity index (χ0) is 10.9. The van der Waals surface area contributed by atoms with E-state index in [-0.39, 0.29) is 5.92 Å². The van der Waals surface area contributed by atoms with Crippen LogP contribution in [0.25, 0.3) is 0 Å². The van der Waals surface area contributed by atoms with E-state index < -0.39 is 5.97 Å². The molecule has 1 heterocycles. The molecule has 1 unspecified atom stereocenters. The van der Waals surface area contributed by atoms with Crippen LogP contribution in [0.5, 0.6) is 0 Å². The van der Waals surface area contributed by atoms with E-state index in [1.165, 1.54) is 0 Å². The summed E-state index contributed by atoms with van der Waals surface area (Å²) in [5.74, 6) is -0.205. The predicted molar refractivity (Wildman–Crippen MR) is 56.2 cm³/mol. The fourth-order valence-corrected chi connectivity index (χ4v) is 1.73. The molecule has 1 rings (SSSR count). The molecule has 1 saturated heterocycles. The van der Waals surface area contributed by atoms with Gasteiger partial charge in [-0.3, -0.25) is 4.79 Å². The highest BCUT2D eigenvalue weighted by Crippen LogP contribution is 2.33. The van der Waals surface area contributed by atoms with Gasteiger partial charge in [-0.05, 0) is 11.3 Å². The van der Waals surface area contributed by atoms with Crippen LogP contribution in [0.4, 0.5) is 0 Å². The third-order valence-corrected chi connectivity index (χ3v) is 3.14. The number of carboxylic acid groups (broad SMARTS) is 1. The fraction of sp³-hybridized carbons (Fsp3) is 0.909. The molecule has 0 saturated carbocycles. The zero-order valence-electron chi connectivity index (χ0n) is 9.58. The van der Waals surface area contributed by atoms with Crippen LogP contribution in [0.2, 0.25) is 0 Å². The molecule has 14 heavy (non-hydrogen) atoms. The van der Waals surface area contributed by atoms with Gasteiger partial charge in [-0.25, -0.2) is 0 Å². The molecule has 0 spiro atoms. The Morgan fingerprint density at radius 1 is 1.50 bits per heavy atom. The largest absolute Gasteiger partial charge is 0.481 e. The molecule has 0 aromatic heterocycles. The molecule has 3 nitrogen and oxygen atoms in total. The average Bonchev–Trinajstić information content (AvgIpc) is 1.92. The minimum absolute atomic E-state index is 0.240. The number of rotatable bonds is 3. The van der Waals surface area contributed by atoms with Crippen LogP contribution in [0, 0.1) is 17.3 Å². The molecule has 3 heteroatoms. The van der Waals surface area contributed by atoms with E-state index >= 15 is 0 Å². The lowest BCUT2D eigenvalue weighted by molar-refractivity contribution is -0.142. The first-order valence-electron chi connectivity index (χ1n) is 5.26. The second-order valence-corrected chi connectivity index (χ2v) is 5.52. The highest BCUT2D eigenvalue weighted by molar-refractivity contribution is 5.69. The van der Waals surface area contributed by atoms with Crippen molar-refractivity contribution in [1.29, 1.82) is 0 Å². The number of hydrogen-bond acceptors (Lipinski definition) is 2. The topological polar surface area (TPSA) is 40.5 Å². The van der Waals surface area contributed by atoms with Crippen LogP contribution >= 0.6 is 0 Å². The van der Waals surface area contributed by atoms with Crippen molar-refractivity contribution in [3.63, 3.8) is 0 Å². The van der Waals surface area contributed by atoms with Crippen LogP contribution in [0.1, 0.15) is 27.7 Å². The third-order valence-electron chi connectivity index (χ3n) is 3.14. The van der Waals surface area contributed by atoms with Gasteiger partial charge in [0.05, 0.1) is 5.92 Å². The van der Waals surface area contributed by atoms with E-state index in [1.807, 2.05) is 0 Å². The number of carbonyl (C=O) groups is 1. The highest BCUT2D eigenvalue weighted by atomic mass is 16.4. The van der Waals surface area contributed by atoms with Gasteiger partial charge in [0, 0.05) is 19.6 Å². The van der Waals surface area contributed by atoms with Crippen molar-refractivity contribution in [2.45, 2.75) is 27.7 Å². The second-order valence-electron chi connectivity index (χ2n) is 5.52. The van der Waals surface area contributed by atoms with Crippen molar-refractivity contribution >= 4 is 5.97 Å². The van der Waals surface area contributed by atoms with E-state index in [2.05, 4.69) is 25.7 Å². The predicted octanol–water partition coefficient (Wildman–Crippen LogP) is 1.69. The molecule has 1 aliphatic rings. The lowest BCUT2D eigenvalue weighted by Gasteiger charge is -2.46. The number of carboxylic acids is 1. The van der Waals surface area contributed by atoms with Gasteiger partial charge < -0.3 is 10.0 Å². The van der Waals surface area contributed by atoms with Crippen LogP contribution in [0.3, 0.4) is 0 Å². The van der Waals surface area contributed by atoms with Crippen LogP contribution in [-0.4, -0.2) is 35.6 Å². The lowest BCUT2D eigenvalue weighted by Crippen LogP contribution is -2.53. The lowest BCUT2D eigenvalue weighted by atomic mass is 9.76. The molecule has 0 aromatic carbocycles. The summed E-state index contributed by atoms with van der Waals surface area (Å²) in [6.45, 7) is 11.3. The van der Waals surface area contributed by atoms with Crippen molar-refractivity contribution < 1.29 is 9.90 Å². The van der Waals surface area contributed by atoms with E-state index in [4.69, 9.17) is 5.11 Å². The Labute approximate surface area is 86.1 Å². The van der Waals surface area contributed by atoms with E-state index in [0.29, 0.717) is 12.0 Å². The Hall–Kier alpha value is -0.570. The normalized spacial score (nSPS) is 21.7. The van der Waals surface area contributed by atoms with Gasteiger partial charge in [-0.2, -0.15) is 0 Å². The first kappa shape index (κ1) is 11.5. The van der Waals surface area contributed by atoms with Crippen molar-refractivity contribution in [3.8, 4) is 0 Å². The fourth-order valence-electron chi connectivity index (χ4n) is 1.73. The number of hydrogen-bond donors (Lipinski definition) is 1. The van der Waals surface area contributed by atoms with Gasteiger partial charge in [0.15, 0.2) is 0 Å². The summed E-state index contributed by atoms with van der Waals surface area (Å²) in [6.07, 6.45) is 0. The Balaban J connectivity index is 2.26. The standard InChI is InChI=1S/C11H21NO2/c1-8(10(13)14)5-12-6-9(7-12)11(2,3)4/h8-9H,5-7H2,1-4H3,(H,13,14). The summed E-state index contributed by atoms with van der Waals surface area (Å²) in [5, 5.41) is 8.75. The smallest absolute Gasteiger partial charge is 0.307 e. The molecular weight excluding hydrogens is 178 g/mol. The second kappa shape index (κ2) is 3.89. The number of likely N-dealkylation sites (tertiary alicyclic amines) is 1. The summed E-state index contributed by atoms with van der Waals surface area (Å²) in [6, 6.07) is 0. The molecule has 1 atom stereocenters. The van der Waals surface area contributed by atoms with E-state index in [9.17, 15) is 4.79 Å². The maximum atomic E-state index is 10.6. The van der Waals surface area contributed by atoms with Crippen molar-refractivity contribution in [2.75, 3.05) is 19.6 Å². The van der Waals surface area contributed by atoms with Gasteiger partial charge in [0.1, 0.15) is 0 Å². The van der Waals surface area contributed by atoms with Crippen molar-refractivity contribution in [2.24, 2.45) is 17.3 Å². The minimum atomic E-state index is -0.691. The molecule has 82 valence electrons. The van der Waals surface area contributed by atoms with Gasteiger partial charge in [0.2, 0.25) is 0 Å². The van der Waals surface area contributed by atoms with Gasteiger partial charge in [0.25, 0.3) is 0 Å². The van der Waals surface area contributed by atoms with Gasteiger partial charge >= 0.3 is 5.97 Å². The maximum absolute atomic E-state index is 10.6. The third kappa shape index (κ3) is 2.71. The monoisotopic (exact) mass is 199 g/mol. The number of aliphatic carboxylic acids is 1. The summed E-state index contributed by atoms with van der Waals surface area (Å²) in [5.41, 5.74) is 0.364. The van der Waals surface area contributed by atoms with Crippen LogP contribution in [-0.2, 0) is 4.79 Å².